The molecule has 0 unspecified atom stereocenters. The number of amidine groups is 1. The van der Waals surface area contributed by atoms with E-state index in [0.29, 0.717) is 25.7 Å². The number of fused-ring (bicyclic) bond motifs is 3. The predicted octanol–water partition coefficient (Wildman–Crippen LogP) is 2.96. The van der Waals surface area contributed by atoms with E-state index < -0.39 is 17.5 Å². The Labute approximate surface area is 158 Å². The summed E-state index contributed by atoms with van der Waals surface area (Å²) in [5.74, 6) is 6.69. The van der Waals surface area contributed by atoms with Gasteiger partial charge in [0.05, 0.1) is 8.85 Å². The molecule has 1 heterocycles. The predicted molar refractivity (Wildman–Crippen MR) is 103 cm³/mol. The minimum atomic E-state index is -2.05. The highest BCUT2D eigenvalue weighted by Crippen LogP contribution is 2.61. The second-order valence-electron chi connectivity index (χ2n) is 8.41. The van der Waals surface area contributed by atoms with Crippen LogP contribution >= 0.6 is 0 Å². The molecule has 1 saturated carbocycles. The zero-order valence-corrected chi connectivity index (χ0v) is 15.7. The number of nitrogens with two attached hydrogens (primary N) is 1. The Morgan fingerprint density at radius 1 is 1.46 bits per heavy atom. The zero-order valence-electron chi connectivity index (χ0n) is 17.7. The summed E-state index contributed by atoms with van der Waals surface area (Å²) in [6, 6.07) is 5.92. The van der Waals surface area contributed by atoms with Gasteiger partial charge in [0.1, 0.15) is 12.1 Å². The lowest BCUT2D eigenvalue weighted by Crippen LogP contribution is -2.48. The summed E-state index contributed by atoms with van der Waals surface area (Å²) in [4.78, 5) is 4.65. The first-order chi connectivity index (χ1) is 13.1. The molecule has 138 valence electrons. The maximum Gasteiger partial charge on any atom is 0.283 e. The lowest BCUT2D eigenvalue weighted by Gasteiger charge is -2.47. The van der Waals surface area contributed by atoms with E-state index in [1.165, 1.54) is 0 Å². The fourth-order valence-corrected chi connectivity index (χ4v) is 4.88. The molecule has 2 spiro atoms. The van der Waals surface area contributed by atoms with Gasteiger partial charge in [-0.3, -0.25) is 0 Å². The summed E-state index contributed by atoms with van der Waals surface area (Å²) in [6.45, 7) is 4.06. The van der Waals surface area contributed by atoms with Crippen molar-refractivity contribution in [1.82, 2.24) is 0 Å². The van der Waals surface area contributed by atoms with E-state index in [4.69, 9.17) is 13.2 Å². The molecule has 3 aliphatic rings. The highest BCUT2D eigenvalue weighted by atomic mass is 16.5. The number of aliphatic hydroxyl groups is 1. The van der Waals surface area contributed by atoms with Crippen molar-refractivity contribution in [3.05, 3.63) is 34.9 Å². The molecule has 0 bridgehead atoms. The molecule has 0 amide bonds. The molecule has 3 N–H and O–H groups in total. The average molecular weight is 354 g/mol. The number of hydrogen-bond acceptors (Lipinski definition) is 4. The smallest absolute Gasteiger partial charge is 0.283 e. The second kappa shape index (κ2) is 6.03. The van der Waals surface area contributed by atoms with Crippen molar-refractivity contribution in [3.8, 4) is 11.8 Å². The maximum atomic E-state index is 10.3. The molecule has 1 fully saturated rings. The maximum absolute atomic E-state index is 10.3. The van der Waals surface area contributed by atoms with Crippen molar-refractivity contribution in [1.29, 1.82) is 0 Å². The molecule has 4 heteroatoms. The molecular formula is C22H28N2O2. The Morgan fingerprint density at radius 2 is 2.27 bits per heavy atom. The summed E-state index contributed by atoms with van der Waals surface area (Å²) in [6.07, 6.45) is 2.32. The van der Waals surface area contributed by atoms with Crippen LogP contribution in [0, 0.1) is 29.1 Å². The van der Waals surface area contributed by atoms with Crippen LogP contribution in [0.15, 0.2) is 23.2 Å². The van der Waals surface area contributed by atoms with Gasteiger partial charge in [0.25, 0.3) is 6.02 Å². The van der Waals surface area contributed by atoms with E-state index in [1.807, 2.05) is 39.0 Å². The van der Waals surface area contributed by atoms with Gasteiger partial charge in [0.15, 0.2) is 0 Å². The molecule has 0 aromatic heterocycles. The fraction of sp³-hybridized carbons (Fsp3) is 0.591. The molecule has 4 rings (SSSR count). The topological polar surface area (TPSA) is 67.8 Å². The van der Waals surface area contributed by atoms with Gasteiger partial charge in [-0.25, -0.2) is 4.99 Å². The lowest BCUT2D eigenvalue weighted by atomic mass is 9.59. The van der Waals surface area contributed by atoms with Crippen molar-refractivity contribution in [2.45, 2.75) is 58.1 Å². The van der Waals surface area contributed by atoms with Crippen LogP contribution in [-0.4, -0.2) is 23.8 Å². The number of benzene rings is 1. The van der Waals surface area contributed by atoms with Gasteiger partial charge in [-0.1, -0.05) is 38.7 Å². The quantitative estimate of drug-likeness (QED) is 0.704. The number of aliphatic imine (C=N–C) groups is 1. The van der Waals surface area contributed by atoms with E-state index in [-0.39, 0.29) is 24.0 Å². The third-order valence-corrected chi connectivity index (χ3v) is 6.17. The zero-order chi connectivity index (χ0) is 20.3. The highest BCUT2D eigenvalue weighted by Gasteiger charge is 2.62. The van der Waals surface area contributed by atoms with Gasteiger partial charge < -0.3 is 15.6 Å². The molecule has 4 atom stereocenters. The van der Waals surface area contributed by atoms with Gasteiger partial charge in [0, 0.05) is 16.9 Å². The Bertz CT molecular complexity index is 902. The number of ether oxygens (including phenoxy) is 1. The van der Waals surface area contributed by atoms with Gasteiger partial charge in [-0.2, -0.15) is 0 Å². The summed E-state index contributed by atoms with van der Waals surface area (Å²) >= 11 is 0. The average Bonchev–Trinajstić information content (AvgIpc) is 3.01. The minimum absolute atomic E-state index is 0.0629. The first-order valence-electron chi connectivity index (χ1n) is 10.5. The normalized spacial score (nSPS) is 38.3. The van der Waals surface area contributed by atoms with E-state index in [9.17, 15) is 5.11 Å². The molecule has 1 aromatic carbocycles. The monoisotopic (exact) mass is 354 g/mol. The van der Waals surface area contributed by atoms with Gasteiger partial charge in [-0.15, -0.1) is 0 Å². The first kappa shape index (κ1) is 15.1. The van der Waals surface area contributed by atoms with Crippen molar-refractivity contribution in [3.63, 3.8) is 0 Å². The van der Waals surface area contributed by atoms with Gasteiger partial charge in [0.2, 0.25) is 0 Å². The lowest BCUT2D eigenvalue weighted by molar-refractivity contribution is -0.0253. The second-order valence-corrected chi connectivity index (χ2v) is 8.41. The van der Waals surface area contributed by atoms with Crippen LogP contribution in [0.3, 0.4) is 0 Å². The number of hydrogen-bond donors (Lipinski definition) is 2. The molecule has 1 aromatic rings. The van der Waals surface area contributed by atoms with Gasteiger partial charge >= 0.3 is 0 Å². The van der Waals surface area contributed by atoms with Crippen LogP contribution in [-0.2, 0) is 16.7 Å². The molecule has 1 aliphatic heterocycles. The van der Waals surface area contributed by atoms with Crippen molar-refractivity contribution in [2.75, 3.05) is 6.56 Å². The summed E-state index contributed by atoms with van der Waals surface area (Å²) in [5, 5.41) is 10.3. The van der Waals surface area contributed by atoms with Crippen LogP contribution in [0.2, 0.25) is 0 Å². The largest absolute Gasteiger partial charge is 0.462 e. The summed E-state index contributed by atoms with van der Waals surface area (Å²) < 4.78 is 23.0. The van der Waals surface area contributed by atoms with E-state index in [0.717, 1.165) is 16.7 Å². The molecular weight excluding hydrogens is 324 g/mol. The van der Waals surface area contributed by atoms with Crippen LogP contribution in [0.4, 0.5) is 0 Å². The van der Waals surface area contributed by atoms with Crippen molar-refractivity contribution < 1.29 is 12.6 Å². The molecule has 2 aliphatic carbocycles. The SMILES string of the molecule is [2H]C1([2H])OC(N)=N[C@]12c1cc(C#CC(C)C)ccc1C[C@@]21CC[C@H](O)[C@@H](C)C1. The Balaban J connectivity index is 1.91. The standard InChI is InChI=1S/C22H28N2O2/c1-14(2)4-5-16-6-7-17-12-21(9-8-19(25)15(3)11-21)22(18(17)10-16)13-26-20(23)24-22/h6-7,10,14-15,19,25H,8-9,11-13H2,1-3H3,(H2,23,24)/t15-,19-,21-,22-/m0/s1/i13D2. The minimum Gasteiger partial charge on any atom is -0.462 e. The van der Waals surface area contributed by atoms with Crippen molar-refractivity contribution in [2.24, 2.45) is 28.0 Å². The Morgan fingerprint density at radius 3 is 2.92 bits per heavy atom. The number of aliphatic hydroxyl groups excluding tert-OH is 1. The number of nitrogens with zero attached hydrogens (tertiary/aromatic N) is 1. The Hall–Kier alpha value is -1.99. The summed E-state index contributed by atoms with van der Waals surface area (Å²) in [7, 11) is 0. The van der Waals surface area contributed by atoms with Crippen molar-refractivity contribution >= 4 is 6.02 Å². The van der Waals surface area contributed by atoms with E-state index in [2.05, 4.69) is 16.8 Å². The van der Waals surface area contributed by atoms with Crippen LogP contribution < -0.4 is 5.73 Å². The van der Waals surface area contributed by atoms with Crippen LogP contribution in [0.25, 0.3) is 0 Å². The van der Waals surface area contributed by atoms with E-state index in [1.54, 1.807) is 0 Å². The molecule has 26 heavy (non-hydrogen) atoms. The molecule has 0 saturated heterocycles. The third kappa shape index (κ3) is 2.53. The first-order valence-corrected chi connectivity index (χ1v) is 9.48. The van der Waals surface area contributed by atoms with E-state index >= 15 is 0 Å². The molecule has 4 nitrogen and oxygen atoms in total. The Kier molecular flexibility index (Phi) is 3.50. The summed E-state index contributed by atoms with van der Waals surface area (Å²) in [5.41, 5.74) is 7.00. The van der Waals surface area contributed by atoms with Crippen LogP contribution in [0.5, 0.6) is 0 Å². The van der Waals surface area contributed by atoms with Crippen LogP contribution in [0.1, 0.15) is 59.5 Å². The fourth-order valence-electron chi connectivity index (χ4n) is 4.88. The third-order valence-electron chi connectivity index (χ3n) is 6.17. The van der Waals surface area contributed by atoms with Gasteiger partial charge in [-0.05, 0) is 54.9 Å². The highest BCUT2D eigenvalue weighted by molar-refractivity contribution is 5.75. The molecule has 0 radical (unpaired) electrons. The number of rotatable bonds is 0.